The van der Waals surface area contributed by atoms with Gasteiger partial charge in [-0.3, -0.25) is 15.6 Å². The number of alkyl halides is 3. The highest BCUT2D eigenvalue weighted by molar-refractivity contribution is 5.78. The van der Waals surface area contributed by atoms with Crippen LogP contribution < -0.4 is 20.5 Å². The number of anilines is 2. The molecule has 0 atom stereocenters. The zero-order valence-corrected chi connectivity index (χ0v) is 18.1. The molecule has 1 aromatic heterocycles. The number of aromatic nitrogens is 2. The van der Waals surface area contributed by atoms with Gasteiger partial charge in [-0.15, -0.1) is 5.10 Å². The molecular formula is C22H25F4N5O2. The van der Waals surface area contributed by atoms with Crippen LogP contribution >= 0.6 is 0 Å². The second-order valence-electron chi connectivity index (χ2n) is 8.39. The van der Waals surface area contributed by atoms with Crippen molar-refractivity contribution in [3.8, 4) is 5.75 Å². The summed E-state index contributed by atoms with van der Waals surface area (Å²) in [7, 11) is 1.46. The van der Waals surface area contributed by atoms with E-state index >= 15 is 0 Å². The van der Waals surface area contributed by atoms with Gasteiger partial charge in [-0.25, -0.2) is 4.39 Å². The molecule has 7 nitrogen and oxygen atoms in total. The number of piperidine rings is 1. The van der Waals surface area contributed by atoms with E-state index in [2.05, 4.69) is 21.0 Å². The standard InChI is InChI=1S/C22H25F4N5O2/c1-33-17-4-2-3-15(23)19(17)14-7-9-31(10-8-14)16-12-27-29-21(20(16)22(24,25)26)30-28-18(32)11-13-5-6-13/h2-4,12-14H,5-11H2,1H3,(H,28,32)(H,29,30). The molecule has 0 bridgehead atoms. The van der Waals surface area contributed by atoms with E-state index in [1.165, 1.54) is 13.2 Å². The number of nitrogens with zero attached hydrogens (tertiary/aromatic N) is 3. The first kappa shape index (κ1) is 23.1. The number of rotatable bonds is 7. The number of carbonyl (C=O) groups excluding carboxylic acids is 1. The molecule has 4 rings (SSSR count). The number of nitrogens with one attached hydrogen (secondary N) is 2. The van der Waals surface area contributed by atoms with Gasteiger partial charge < -0.3 is 9.64 Å². The number of hydrogen-bond donors (Lipinski definition) is 2. The summed E-state index contributed by atoms with van der Waals surface area (Å²) in [4.78, 5) is 13.5. The van der Waals surface area contributed by atoms with Crippen molar-refractivity contribution in [1.82, 2.24) is 15.6 Å². The lowest BCUT2D eigenvalue weighted by Gasteiger charge is -2.35. The minimum atomic E-state index is -4.72. The molecule has 1 amide bonds. The molecule has 1 saturated carbocycles. The smallest absolute Gasteiger partial charge is 0.422 e. The van der Waals surface area contributed by atoms with E-state index in [1.807, 2.05) is 0 Å². The number of methoxy groups -OCH3 is 1. The van der Waals surface area contributed by atoms with Crippen molar-refractivity contribution < 1.29 is 27.1 Å². The summed E-state index contributed by atoms with van der Waals surface area (Å²) in [5, 5.41) is 7.29. The lowest BCUT2D eigenvalue weighted by Crippen LogP contribution is -2.36. The SMILES string of the molecule is COc1cccc(F)c1C1CCN(c2cnnc(NNC(=O)CC3CC3)c2C(F)(F)F)CC1. The summed E-state index contributed by atoms with van der Waals surface area (Å²) < 4.78 is 61.7. The zero-order chi connectivity index (χ0) is 23.6. The van der Waals surface area contributed by atoms with Crippen molar-refractivity contribution in [2.45, 2.75) is 44.2 Å². The van der Waals surface area contributed by atoms with Gasteiger partial charge in [-0.1, -0.05) is 6.07 Å². The van der Waals surface area contributed by atoms with Crippen LogP contribution in [0, 0.1) is 11.7 Å². The maximum Gasteiger partial charge on any atom is 0.422 e. The van der Waals surface area contributed by atoms with E-state index in [0.717, 1.165) is 19.0 Å². The Morgan fingerprint density at radius 2 is 1.94 bits per heavy atom. The monoisotopic (exact) mass is 467 g/mol. The molecule has 1 aliphatic carbocycles. The normalized spacial score (nSPS) is 17.1. The van der Waals surface area contributed by atoms with Gasteiger partial charge in [0.15, 0.2) is 5.82 Å². The predicted molar refractivity (Wildman–Crippen MR) is 113 cm³/mol. The van der Waals surface area contributed by atoms with Gasteiger partial charge in [0, 0.05) is 25.1 Å². The lowest BCUT2D eigenvalue weighted by atomic mass is 9.88. The van der Waals surface area contributed by atoms with Crippen LogP contribution in [-0.2, 0) is 11.0 Å². The van der Waals surface area contributed by atoms with E-state index in [4.69, 9.17) is 4.74 Å². The van der Waals surface area contributed by atoms with Gasteiger partial charge in [-0.05, 0) is 49.7 Å². The van der Waals surface area contributed by atoms with Crippen molar-refractivity contribution in [3.05, 3.63) is 41.3 Å². The van der Waals surface area contributed by atoms with Gasteiger partial charge in [0.25, 0.3) is 0 Å². The Morgan fingerprint density at radius 1 is 1.21 bits per heavy atom. The Hall–Kier alpha value is -3.11. The van der Waals surface area contributed by atoms with E-state index in [1.54, 1.807) is 17.0 Å². The van der Waals surface area contributed by atoms with Crippen LogP contribution in [0.1, 0.15) is 49.1 Å². The van der Waals surface area contributed by atoms with Crippen LogP contribution in [0.25, 0.3) is 0 Å². The second kappa shape index (κ2) is 9.40. The van der Waals surface area contributed by atoms with Gasteiger partial charge in [0.2, 0.25) is 5.91 Å². The fourth-order valence-electron chi connectivity index (χ4n) is 4.25. The molecule has 0 spiro atoms. The third-order valence-corrected chi connectivity index (χ3v) is 6.08. The van der Waals surface area contributed by atoms with Gasteiger partial charge in [-0.2, -0.15) is 18.3 Å². The zero-order valence-electron chi connectivity index (χ0n) is 18.1. The number of benzene rings is 1. The third-order valence-electron chi connectivity index (χ3n) is 6.08. The molecule has 2 aliphatic rings. The molecule has 11 heteroatoms. The number of hydrogen-bond acceptors (Lipinski definition) is 6. The van der Waals surface area contributed by atoms with E-state index in [9.17, 15) is 22.4 Å². The first-order valence-electron chi connectivity index (χ1n) is 10.8. The van der Waals surface area contributed by atoms with Crippen molar-refractivity contribution >= 4 is 17.4 Å². The van der Waals surface area contributed by atoms with E-state index < -0.39 is 23.5 Å². The summed E-state index contributed by atoms with van der Waals surface area (Å²) in [6.45, 7) is 0.537. The summed E-state index contributed by atoms with van der Waals surface area (Å²) in [6.07, 6.45) is -0.606. The minimum Gasteiger partial charge on any atom is -0.496 e. The number of halogens is 4. The Labute approximate surface area is 188 Å². The Kier molecular flexibility index (Phi) is 6.57. The first-order valence-corrected chi connectivity index (χ1v) is 10.8. The molecule has 33 heavy (non-hydrogen) atoms. The van der Waals surface area contributed by atoms with Crippen LogP contribution in [0.3, 0.4) is 0 Å². The average Bonchev–Trinajstić information content (AvgIpc) is 3.60. The highest BCUT2D eigenvalue weighted by Crippen LogP contribution is 2.43. The topological polar surface area (TPSA) is 79.4 Å². The largest absolute Gasteiger partial charge is 0.496 e. The van der Waals surface area contributed by atoms with E-state index in [-0.39, 0.29) is 36.9 Å². The summed E-state index contributed by atoms with van der Waals surface area (Å²) in [5.74, 6) is -0.785. The second-order valence-corrected chi connectivity index (χ2v) is 8.39. The fraction of sp³-hybridized carbons (Fsp3) is 0.500. The molecule has 1 aromatic carbocycles. The third kappa shape index (κ3) is 5.28. The maximum absolute atomic E-state index is 14.4. The predicted octanol–water partition coefficient (Wildman–Crippen LogP) is 4.27. The molecule has 0 unspecified atom stereocenters. The molecule has 2 heterocycles. The van der Waals surface area contributed by atoms with Gasteiger partial charge >= 0.3 is 6.18 Å². The highest BCUT2D eigenvalue weighted by Gasteiger charge is 2.40. The average molecular weight is 467 g/mol. The molecule has 2 fully saturated rings. The Bertz CT molecular complexity index is 1000. The molecule has 1 aliphatic heterocycles. The molecule has 0 radical (unpaired) electrons. The fourth-order valence-corrected chi connectivity index (χ4v) is 4.25. The highest BCUT2D eigenvalue weighted by atomic mass is 19.4. The summed E-state index contributed by atoms with van der Waals surface area (Å²) in [6, 6.07) is 4.59. The van der Waals surface area contributed by atoms with Crippen LogP contribution in [0.2, 0.25) is 0 Å². The lowest BCUT2D eigenvalue weighted by molar-refractivity contribution is -0.137. The van der Waals surface area contributed by atoms with Crippen molar-refractivity contribution in [2.75, 3.05) is 30.5 Å². The van der Waals surface area contributed by atoms with Crippen molar-refractivity contribution in [3.63, 3.8) is 0 Å². The van der Waals surface area contributed by atoms with E-state index in [0.29, 0.717) is 30.1 Å². The number of hydrazine groups is 1. The molecule has 178 valence electrons. The Balaban J connectivity index is 1.51. The first-order chi connectivity index (χ1) is 15.8. The molecular weight excluding hydrogens is 442 g/mol. The molecule has 2 N–H and O–H groups in total. The maximum atomic E-state index is 14.4. The van der Waals surface area contributed by atoms with Crippen LogP contribution in [0.5, 0.6) is 5.75 Å². The minimum absolute atomic E-state index is 0.129. The number of carbonyl (C=O) groups is 1. The number of amides is 1. The quantitative estimate of drug-likeness (QED) is 0.468. The Morgan fingerprint density at radius 3 is 2.58 bits per heavy atom. The van der Waals surface area contributed by atoms with Crippen molar-refractivity contribution in [2.24, 2.45) is 5.92 Å². The van der Waals surface area contributed by atoms with Crippen LogP contribution in [0.4, 0.5) is 29.1 Å². The molecule has 2 aromatic rings. The summed E-state index contributed by atoms with van der Waals surface area (Å²) in [5.41, 5.74) is 3.92. The molecule has 1 saturated heterocycles. The van der Waals surface area contributed by atoms with Crippen molar-refractivity contribution in [1.29, 1.82) is 0 Å². The van der Waals surface area contributed by atoms with Crippen LogP contribution in [-0.4, -0.2) is 36.3 Å². The number of ether oxygens (including phenoxy) is 1. The van der Waals surface area contributed by atoms with Gasteiger partial charge in [0.05, 0.1) is 19.0 Å². The summed E-state index contributed by atoms with van der Waals surface area (Å²) >= 11 is 0. The van der Waals surface area contributed by atoms with Gasteiger partial charge in [0.1, 0.15) is 17.1 Å². The van der Waals surface area contributed by atoms with Crippen LogP contribution in [0.15, 0.2) is 24.4 Å².